The lowest BCUT2D eigenvalue weighted by molar-refractivity contribution is -0.152. The largest absolute Gasteiger partial charge is 0.481 e. The number of hydrogen-bond donors (Lipinski definition) is 2. The molecular formula is C14H25NO3. The van der Waals surface area contributed by atoms with E-state index in [-0.39, 0.29) is 11.8 Å². The van der Waals surface area contributed by atoms with E-state index in [9.17, 15) is 9.59 Å². The van der Waals surface area contributed by atoms with E-state index >= 15 is 0 Å². The molecule has 4 heteroatoms. The van der Waals surface area contributed by atoms with Crippen molar-refractivity contribution in [1.29, 1.82) is 0 Å². The van der Waals surface area contributed by atoms with Gasteiger partial charge in [0, 0.05) is 6.54 Å². The molecule has 0 aromatic heterocycles. The Morgan fingerprint density at radius 3 is 2.39 bits per heavy atom. The first-order valence-corrected chi connectivity index (χ1v) is 7.10. The molecule has 3 atom stereocenters. The van der Waals surface area contributed by atoms with Gasteiger partial charge in [-0.05, 0) is 25.2 Å². The van der Waals surface area contributed by atoms with E-state index in [4.69, 9.17) is 5.11 Å². The summed E-state index contributed by atoms with van der Waals surface area (Å²) in [4.78, 5) is 22.7. The zero-order chi connectivity index (χ0) is 13.5. The van der Waals surface area contributed by atoms with Gasteiger partial charge in [-0.15, -0.1) is 0 Å². The Labute approximate surface area is 109 Å². The van der Waals surface area contributed by atoms with Crippen LogP contribution in [0.2, 0.25) is 0 Å². The van der Waals surface area contributed by atoms with Crippen molar-refractivity contribution in [3.63, 3.8) is 0 Å². The Morgan fingerprint density at radius 1 is 1.28 bits per heavy atom. The molecule has 2 N–H and O–H groups in total. The van der Waals surface area contributed by atoms with Crippen molar-refractivity contribution in [2.45, 2.75) is 52.4 Å². The second kappa shape index (κ2) is 7.39. The molecule has 18 heavy (non-hydrogen) atoms. The molecule has 1 aliphatic carbocycles. The summed E-state index contributed by atoms with van der Waals surface area (Å²) in [6, 6.07) is 0. The summed E-state index contributed by atoms with van der Waals surface area (Å²) in [5, 5.41) is 11.8. The molecule has 4 nitrogen and oxygen atoms in total. The molecule has 0 bridgehead atoms. The van der Waals surface area contributed by atoms with Crippen LogP contribution in [0.25, 0.3) is 0 Å². The van der Waals surface area contributed by atoms with Crippen LogP contribution in [0, 0.1) is 17.8 Å². The number of unbranched alkanes of at least 4 members (excludes halogenated alkanes) is 1. The topological polar surface area (TPSA) is 66.4 Å². The minimum atomic E-state index is -0.834. The highest BCUT2D eigenvalue weighted by Crippen LogP contribution is 2.34. The van der Waals surface area contributed by atoms with Gasteiger partial charge in [0.1, 0.15) is 0 Å². The number of carbonyl (C=O) groups excluding carboxylic acids is 1. The Balaban J connectivity index is 2.29. The third-order valence-corrected chi connectivity index (χ3v) is 4.04. The zero-order valence-corrected chi connectivity index (χ0v) is 11.4. The lowest BCUT2D eigenvalue weighted by Gasteiger charge is -2.32. The Morgan fingerprint density at radius 2 is 1.94 bits per heavy atom. The second-order valence-electron chi connectivity index (χ2n) is 5.29. The Bertz CT molecular complexity index is 291. The van der Waals surface area contributed by atoms with E-state index in [1.807, 2.05) is 0 Å². The molecule has 0 aliphatic heterocycles. The van der Waals surface area contributed by atoms with E-state index in [1.165, 1.54) is 12.8 Å². The van der Waals surface area contributed by atoms with Gasteiger partial charge < -0.3 is 10.4 Å². The number of carboxylic acids is 1. The van der Waals surface area contributed by atoms with Gasteiger partial charge >= 0.3 is 5.97 Å². The monoisotopic (exact) mass is 255 g/mol. The first-order chi connectivity index (χ1) is 8.60. The molecule has 0 aromatic rings. The van der Waals surface area contributed by atoms with Gasteiger partial charge in [-0.25, -0.2) is 0 Å². The molecule has 0 heterocycles. The van der Waals surface area contributed by atoms with Gasteiger partial charge in [0.05, 0.1) is 11.8 Å². The minimum Gasteiger partial charge on any atom is -0.481 e. The fourth-order valence-electron chi connectivity index (χ4n) is 2.43. The predicted octanol–water partition coefficient (Wildman–Crippen LogP) is 2.43. The minimum absolute atomic E-state index is 0.0661. The number of carbonyl (C=O) groups is 2. The van der Waals surface area contributed by atoms with Gasteiger partial charge in [0.2, 0.25) is 5.91 Å². The van der Waals surface area contributed by atoms with E-state index in [0.29, 0.717) is 25.3 Å². The van der Waals surface area contributed by atoms with Crippen molar-refractivity contribution < 1.29 is 14.7 Å². The molecule has 104 valence electrons. The molecule has 1 rings (SSSR count). The Kier molecular flexibility index (Phi) is 6.16. The fraction of sp³-hybridized carbons (Fsp3) is 0.857. The van der Waals surface area contributed by atoms with E-state index in [2.05, 4.69) is 19.2 Å². The fourth-order valence-corrected chi connectivity index (χ4v) is 2.43. The predicted molar refractivity (Wildman–Crippen MR) is 70.2 cm³/mol. The lowest BCUT2D eigenvalue weighted by Crippen LogP contribution is -2.45. The standard InChI is InChI=1S/C14H25NO3/c1-3-5-6-10(4-2)9-15-13(16)11-7-8-12(11)14(17)18/h10-12H,3-9H2,1-2H3,(H,15,16)(H,17,18). The summed E-state index contributed by atoms with van der Waals surface area (Å²) < 4.78 is 0. The van der Waals surface area contributed by atoms with E-state index in [0.717, 1.165) is 12.8 Å². The SMILES string of the molecule is CCCCC(CC)CNC(=O)C1CCC1C(=O)O. The summed E-state index contributed by atoms with van der Waals surface area (Å²) in [7, 11) is 0. The van der Waals surface area contributed by atoms with Crippen LogP contribution in [0.15, 0.2) is 0 Å². The maximum absolute atomic E-state index is 11.9. The summed E-state index contributed by atoms with van der Waals surface area (Å²) in [6.07, 6.45) is 5.92. The third-order valence-electron chi connectivity index (χ3n) is 4.04. The number of rotatable bonds is 8. The quantitative estimate of drug-likeness (QED) is 0.700. The number of carboxylic acid groups (broad SMARTS) is 1. The van der Waals surface area contributed by atoms with Crippen molar-refractivity contribution in [2.24, 2.45) is 17.8 Å². The van der Waals surface area contributed by atoms with Crippen LogP contribution in [0.5, 0.6) is 0 Å². The average Bonchev–Trinajstić information content (AvgIpc) is 2.27. The number of nitrogens with one attached hydrogen (secondary N) is 1. The van der Waals surface area contributed by atoms with Gasteiger partial charge in [-0.3, -0.25) is 9.59 Å². The summed E-state index contributed by atoms with van der Waals surface area (Å²) >= 11 is 0. The highest BCUT2D eigenvalue weighted by molar-refractivity contribution is 5.86. The van der Waals surface area contributed by atoms with Crippen molar-refractivity contribution in [3.8, 4) is 0 Å². The Hall–Kier alpha value is -1.06. The van der Waals surface area contributed by atoms with Crippen LogP contribution >= 0.6 is 0 Å². The smallest absolute Gasteiger partial charge is 0.307 e. The first-order valence-electron chi connectivity index (χ1n) is 7.10. The lowest BCUT2D eigenvalue weighted by atomic mass is 9.73. The molecule has 0 radical (unpaired) electrons. The molecular weight excluding hydrogens is 230 g/mol. The van der Waals surface area contributed by atoms with E-state index in [1.54, 1.807) is 0 Å². The van der Waals surface area contributed by atoms with Gasteiger partial charge in [-0.1, -0.05) is 33.1 Å². The average molecular weight is 255 g/mol. The van der Waals surface area contributed by atoms with Crippen LogP contribution in [0.3, 0.4) is 0 Å². The van der Waals surface area contributed by atoms with Crippen molar-refractivity contribution >= 4 is 11.9 Å². The molecule has 0 spiro atoms. The van der Waals surface area contributed by atoms with Crippen molar-refractivity contribution in [2.75, 3.05) is 6.54 Å². The normalized spacial score (nSPS) is 24.1. The van der Waals surface area contributed by atoms with Crippen LogP contribution in [0.4, 0.5) is 0 Å². The summed E-state index contributed by atoms with van der Waals surface area (Å²) in [6.45, 7) is 4.99. The maximum Gasteiger partial charge on any atom is 0.307 e. The van der Waals surface area contributed by atoms with Gasteiger partial charge in [0.25, 0.3) is 0 Å². The van der Waals surface area contributed by atoms with Crippen molar-refractivity contribution in [1.82, 2.24) is 5.32 Å². The molecule has 0 aromatic carbocycles. The number of amides is 1. The van der Waals surface area contributed by atoms with Crippen LogP contribution in [0.1, 0.15) is 52.4 Å². The van der Waals surface area contributed by atoms with Crippen LogP contribution < -0.4 is 5.32 Å². The molecule has 1 aliphatic rings. The van der Waals surface area contributed by atoms with Gasteiger partial charge in [0.15, 0.2) is 0 Å². The molecule has 0 saturated heterocycles. The highest BCUT2D eigenvalue weighted by Gasteiger charge is 2.41. The summed E-state index contributed by atoms with van der Waals surface area (Å²) in [5.74, 6) is -1.13. The molecule has 1 fully saturated rings. The first kappa shape index (κ1) is 15.0. The maximum atomic E-state index is 11.9. The van der Waals surface area contributed by atoms with Crippen molar-refractivity contribution in [3.05, 3.63) is 0 Å². The molecule has 1 amide bonds. The molecule has 1 saturated carbocycles. The van der Waals surface area contributed by atoms with Crippen LogP contribution in [-0.2, 0) is 9.59 Å². The third kappa shape index (κ3) is 4.00. The number of hydrogen-bond acceptors (Lipinski definition) is 2. The molecule has 3 unspecified atom stereocenters. The summed E-state index contributed by atoms with van der Waals surface area (Å²) in [5.41, 5.74) is 0. The van der Waals surface area contributed by atoms with Crippen LogP contribution in [-0.4, -0.2) is 23.5 Å². The number of aliphatic carboxylic acids is 1. The highest BCUT2D eigenvalue weighted by atomic mass is 16.4. The second-order valence-corrected chi connectivity index (χ2v) is 5.29. The van der Waals surface area contributed by atoms with Gasteiger partial charge in [-0.2, -0.15) is 0 Å². The van der Waals surface area contributed by atoms with E-state index < -0.39 is 11.9 Å². The zero-order valence-electron chi connectivity index (χ0n) is 11.4.